The molecule has 0 aliphatic carbocycles. The maximum atomic E-state index is 12.1. The summed E-state index contributed by atoms with van der Waals surface area (Å²) >= 11 is 0. The van der Waals surface area contributed by atoms with Crippen molar-refractivity contribution in [3.63, 3.8) is 0 Å². The van der Waals surface area contributed by atoms with Crippen molar-refractivity contribution in [1.82, 2.24) is 0 Å². The summed E-state index contributed by atoms with van der Waals surface area (Å²) in [4.78, 5) is 12.1. The number of ketones is 1. The monoisotopic (exact) mass is 826 g/mol. The van der Waals surface area contributed by atoms with Crippen molar-refractivity contribution in [2.24, 2.45) is 0 Å². The van der Waals surface area contributed by atoms with Gasteiger partial charge in [0.15, 0.2) is 5.78 Å². The molecule has 0 saturated heterocycles. The number of hydrogen-bond acceptors (Lipinski definition) is 4. The maximum Gasteiger partial charge on any atom is 0.189 e. The zero-order valence-corrected chi connectivity index (χ0v) is 25.7. The van der Waals surface area contributed by atoms with E-state index in [2.05, 4.69) is 0 Å². The third-order valence-corrected chi connectivity index (χ3v) is 3.10. The average Bonchev–Trinajstić information content (AvgIpc) is 2.53. The summed E-state index contributed by atoms with van der Waals surface area (Å²) in [7, 11) is 0. The van der Waals surface area contributed by atoms with Gasteiger partial charge in [-0.3, -0.25) is 4.79 Å². The molecule has 0 spiro atoms. The molecule has 3 N–H and O–H groups in total. The Morgan fingerprint density at radius 3 is 2.04 bits per heavy atom. The molecule has 2 aromatic rings. The molecular formula is C17H16O4Sg2. The van der Waals surface area contributed by atoms with Crippen molar-refractivity contribution >= 4 is 11.9 Å². The molecule has 0 saturated carbocycles. The fraction of sp³-hybridized carbons (Fsp3) is 0.118. The van der Waals surface area contributed by atoms with E-state index in [-0.39, 0.29) is 30.3 Å². The first-order chi connectivity index (χ1) is 10.1. The quantitative estimate of drug-likeness (QED) is 0.320. The Kier molecular flexibility index (Phi) is 6.45. The van der Waals surface area contributed by atoms with Crippen molar-refractivity contribution in [2.45, 2.75) is 13.2 Å². The SMILES string of the molecule is O=C(/C=C/c1ccc(CO)cc1)c1cc(CO)ccc1O.[Sg].[Sg]. The number of rotatable bonds is 5. The number of benzene rings is 2. The van der Waals surface area contributed by atoms with E-state index in [0.717, 1.165) is 11.1 Å². The van der Waals surface area contributed by atoms with Crippen molar-refractivity contribution in [3.8, 4) is 5.75 Å². The molecule has 0 aromatic heterocycles. The van der Waals surface area contributed by atoms with Crippen LogP contribution in [0, 0.1) is 0 Å². The van der Waals surface area contributed by atoms with Crippen LogP contribution in [0.25, 0.3) is 6.08 Å². The topological polar surface area (TPSA) is 77.8 Å². The largest absolute Gasteiger partial charge is 0.507 e. The van der Waals surface area contributed by atoms with Gasteiger partial charge in [0.1, 0.15) is 5.75 Å². The molecule has 4 nitrogen and oxygen atoms in total. The average molecular weight is 822 g/mol. The molecule has 0 aliphatic heterocycles. The molecule has 0 heterocycles. The summed E-state index contributed by atoms with van der Waals surface area (Å²) in [6.45, 7) is -0.211. The molecule has 0 bridgehead atoms. The number of aromatic hydroxyl groups is 1. The molecule has 0 unspecified atom stereocenters. The zero-order chi connectivity index (χ0) is 15.2. The van der Waals surface area contributed by atoms with E-state index < -0.39 is 0 Å². The molecule has 0 radical (unpaired) electrons. The molecule has 23 heavy (non-hydrogen) atoms. The van der Waals surface area contributed by atoms with Crippen LogP contribution in [0.3, 0.4) is 0 Å². The van der Waals surface area contributed by atoms with Crippen molar-refractivity contribution < 1.29 is 20.1 Å². The Labute approximate surface area is 122 Å². The molecule has 2 aromatic carbocycles. The van der Waals surface area contributed by atoms with Gasteiger partial charge in [-0.1, -0.05) is 36.4 Å². The Morgan fingerprint density at radius 1 is 0.913 bits per heavy atom. The van der Waals surface area contributed by atoms with E-state index in [4.69, 9.17) is 10.2 Å². The third-order valence-electron chi connectivity index (χ3n) is 3.10. The van der Waals surface area contributed by atoms with Gasteiger partial charge in [0.2, 0.25) is 0 Å². The number of carbonyl (C=O) groups excluding carboxylic acids is 1. The van der Waals surface area contributed by atoms with Gasteiger partial charge >= 0.3 is 0 Å². The fourth-order valence-corrected chi connectivity index (χ4v) is 1.87. The zero-order valence-electron chi connectivity index (χ0n) is 12.8. The van der Waals surface area contributed by atoms with Gasteiger partial charge in [-0.2, -0.15) is 0 Å². The van der Waals surface area contributed by atoms with Gasteiger partial charge in [0.25, 0.3) is 0 Å². The van der Waals surface area contributed by atoms with Gasteiger partial charge < -0.3 is 15.3 Å². The molecule has 2 rings (SSSR count). The third kappa shape index (κ3) is 4.27. The first-order valence-corrected chi connectivity index (χ1v) is 6.49. The normalized spacial score (nSPS) is 10.0. The van der Waals surface area contributed by atoms with Gasteiger partial charge in [-0.25, -0.2) is 0 Å². The molecule has 112 valence electrons. The van der Waals surface area contributed by atoms with Crippen LogP contribution in [0.2, 0.25) is 0 Å². The second-order valence-corrected chi connectivity index (χ2v) is 4.61. The molecular weight excluding hydrogens is 806 g/mol. The molecule has 0 fully saturated rings. The second-order valence-electron chi connectivity index (χ2n) is 4.61. The van der Waals surface area contributed by atoms with E-state index in [1.165, 1.54) is 18.2 Å². The van der Waals surface area contributed by atoms with Crippen LogP contribution in [0.5, 0.6) is 5.75 Å². The Morgan fingerprint density at radius 2 is 1.48 bits per heavy atom. The number of aliphatic hydroxyl groups is 2. The minimum atomic E-state index is -0.339. The van der Waals surface area contributed by atoms with Crippen LogP contribution in [0.15, 0.2) is 48.5 Å². The minimum Gasteiger partial charge on any atom is -0.507 e. The molecule has 6 heteroatoms. The van der Waals surface area contributed by atoms with Crippen LogP contribution >= 0.6 is 0 Å². The molecule has 0 aliphatic rings. The number of allylic oxidation sites excluding steroid dienone is 1. The summed E-state index contributed by atoms with van der Waals surface area (Å²) in [5, 5.41) is 27.7. The summed E-state index contributed by atoms with van der Waals surface area (Å²) < 4.78 is 0. The second kappa shape index (κ2) is 7.99. The number of aliphatic hydroxyl groups excluding tert-OH is 2. The van der Waals surface area contributed by atoms with Crippen LogP contribution in [-0.4, -0.2) is 21.1 Å². The van der Waals surface area contributed by atoms with E-state index in [0.29, 0.717) is 5.56 Å². The number of phenolic OH excluding ortho intramolecular Hbond substituents is 1. The van der Waals surface area contributed by atoms with Crippen LogP contribution in [0.4, 0.5) is 0 Å². The fourth-order valence-electron chi connectivity index (χ4n) is 1.87. The standard InChI is InChI=1S/C17H16O4.2Sg/c18-10-13-3-1-12(2-4-13)5-7-16(20)15-9-14(11-19)6-8-17(15)21;;/h1-9,18-19,21H,10-11H2;;/b7-5+;;. The Balaban J connectivity index is 0.00000242. The van der Waals surface area contributed by atoms with Gasteiger partial charge in [-0.05, 0) is 34.9 Å². The summed E-state index contributed by atoms with van der Waals surface area (Å²) in [6, 6.07) is 11.5. The van der Waals surface area contributed by atoms with Crippen LogP contribution in [-0.2, 0) is 13.2 Å². The van der Waals surface area contributed by atoms with Crippen LogP contribution < -0.4 is 0 Å². The molecule has 0 atom stereocenters. The van der Waals surface area contributed by atoms with Gasteiger partial charge in [-0.15, -0.1) is 0 Å². The van der Waals surface area contributed by atoms with E-state index >= 15 is 0 Å². The van der Waals surface area contributed by atoms with Crippen LogP contribution in [0.1, 0.15) is 27.0 Å². The van der Waals surface area contributed by atoms with E-state index in [9.17, 15) is 9.90 Å². The van der Waals surface area contributed by atoms with E-state index in [1.54, 1.807) is 36.4 Å². The summed E-state index contributed by atoms with van der Waals surface area (Å²) in [5.74, 6) is -0.452. The minimum absolute atomic E-state index is 0. The summed E-state index contributed by atoms with van der Waals surface area (Å²) in [6.07, 6.45) is 3.00. The number of carbonyl (C=O) groups is 1. The van der Waals surface area contributed by atoms with Gasteiger partial charge in [0, 0.05) is 0 Å². The predicted octanol–water partition coefficient (Wildman–Crippen LogP) is 2.27. The van der Waals surface area contributed by atoms with E-state index in [1.807, 2.05) is 0 Å². The Bertz CT molecular complexity index is 667. The van der Waals surface area contributed by atoms with Crippen molar-refractivity contribution in [2.75, 3.05) is 0 Å². The Hall–Kier alpha value is -4.43. The molecule has 0 amide bonds. The van der Waals surface area contributed by atoms with Crippen molar-refractivity contribution in [3.05, 3.63) is 70.8 Å². The first kappa shape index (κ1) is 18.6. The smallest absolute Gasteiger partial charge is 0.189 e. The summed E-state index contributed by atoms with van der Waals surface area (Å²) in [5.41, 5.74) is 2.34. The number of phenols is 1. The van der Waals surface area contributed by atoms with Crippen molar-refractivity contribution in [1.29, 1.82) is 0 Å². The first-order valence-electron chi connectivity index (χ1n) is 6.49. The van der Waals surface area contributed by atoms with Gasteiger partial charge in [0.05, 0.1) is 18.8 Å². The number of hydrogen-bond donors (Lipinski definition) is 3. The maximum absolute atomic E-state index is 12.1. The predicted molar refractivity (Wildman–Crippen MR) is 79.8 cm³/mol.